The van der Waals surface area contributed by atoms with Crippen LogP contribution >= 0.6 is 0 Å². The number of rotatable bonds is 4. The van der Waals surface area contributed by atoms with Gasteiger partial charge >= 0.3 is 0 Å². The predicted octanol–water partition coefficient (Wildman–Crippen LogP) is 3.03. The zero-order valence-electron chi connectivity index (χ0n) is 9.26. The lowest BCUT2D eigenvalue weighted by Gasteiger charge is -2.11. The second-order valence-electron chi connectivity index (χ2n) is 3.45. The lowest BCUT2D eigenvalue weighted by molar-refractivity contribution is 0.205. The van der Waals surface area contributed by atoms with Crippen LogP contribution in [0, 0.1) is 6.92 Å². The number of aromatic hydroxyl groups is 1. The number of aryl methyl sites for hydroxylation is 2. The first-order valence-electron chi connectivity index (χ1n) is 5.08. The second kappa shape index (κ2) is 4.40. The molecule has 1 unspecified atom stereocenters. The number of furan rings is 1. The molecule has 1 rings (SSSR count). The van der Waals surface area contributed by atoms with E-state index < -0.39 is 0 Å². The highest BCUT2D eigenvalue weighted by Crippen LogP contribution is 2.37. The van der Waals surface area contributed by atoms with E-state index in [9.17, 15) is 5.11 Å². The van der Waals surface area contributed by atoms with E-state index in [4.69, 9.17) is 9.15 Å². The predicted molar refractivity (Wildman–Crippen MR) is 54.9 cm³/mol. The molecule has 3 nitrogen and oxygen atoms in total. The SMILES string of the molecule is CCc1oc(C)c(O)c1OC(C)CC. The van der Waals surface area contributed by atoms with Crippen molar-refractivity contribution in [1.29, 1.82) is 0 Å². The largest absolute Gasteiger partial charge is 0.502 e. The van der Waals surface area contributed by atoms with Gasteiger partial charge in [-0.3, -0.25) is 0 Å². The smallest absolute Gasteiger partial charge is 0.203 e. The molecule has 3 heteroatoms. The van der Waals surface area contributed by atoms with Gasteiger partial charge in [-0.15, -0.1) is 0 Å². The molecular weight excluding hydrogens is 180 g/mol. The Morgan fingerprint density at radius 2 is 2.07 bits per heavy atom. The lowest BCUT2D eigenvalue weighted by atomic mass is 10.3. The average molecular weight is 198 g/mol. The van der Waals surface area contributed by atoms with Gasteiger partial charge in [0.25, 0.3) is 0 Å². The van der Waals surface area contributed by atoms with E-state index in [-0.39, 0.29) is 11.9 Å². The summed E-state index contributed by atoms with van der Waals surface area (Å²) in [6.45, 7) is 7.72. The molecule has 1 heterocycles. The van der Waals surface area contributed by atoms with Gasteiger partial charge in [0.1, 0.15) is 11.5 Å². The standard InChI is InChI=1S/C11H18O3/c1-5-7(3)13-11-9(6-2)14-8(4)10(11)12/h7,12H,5-6H2,1-4H3. The highest BCUT2D eigenvalue weighted by Gasteiger charge is 2.18. The topological polar surface area (TPSA) is 42.6 Å². The molecule has 0 spiro atoms. The van der Waals surface area contributed by atoms with Crippen LogP contribution in [0.2, 0.25) is 0 Å². The van der Waals surface area contributed by atoms with Crippen molar-refractivity contribution in [2.45, 2.75) is 46.6 Å². The van der Waals surface area contributed by atoms with Crippen LogP contribution < -0.4 is 4.74 Å². The zero-order valence-corrected chi connectivity index (χ0v) is 9.26. The number of ether oxygens (including phenoxy) is 1. The molecule has 80 valence electrons. The van der Waals surface area contributed by atoms with E-state index in [1.807, 2.05) is 20.8 Å². The van der Waals surface area contributed by atoms with Crippen molar-refractivity contribution in [3.8, 4) is 11.5 Å². The van der Waals surface area contributed by atoms with Crippen molar-refractivity contribution in [2.24, 2.45) is 0 Å². The van der Waals surface area contributed by atoms with Gasteiger partial charge in [0, 0.05) is 6.42 Å². The van der Waals surface area contributed by atoms with E-state index in [0.717, 1.165) is 18.6 Å². The van der Waals surface area contributed by atoms with Gasteiger partial charge in [0.2, 0.25) is 5.75 Å². The quantitative estimate of drug-likeness (QED) is 0.808. The Morgan fingerprint density at radius 1 is 1.43 bits per heavy atom. The fraction of sp³-hybridized carbons (Fsp3) is 0.636. The maximum atomic E-state index is 9.68. The highest BCUT2D eigenvalue weighted by atomic mass is 16.5. The molecule has 0 aliphatic carbocycles. The lowest BCUT2D eigenvalue weighted by Crippen LogP contribution is -2.10. The van der Waals surface area contributed by atoms with Crippen LogP contribution in [-0.2, 0) is 6.42 Å². The molecule has 1 atom stereocenters. The molecule has 0 saturated carbocycles. The first-order chi connectivity index (χ1) is 6.60. The summed E-state index contributed by atoms with van der Waals surface area (Å²) in [6.07, 6.45) is 1.74. The third kappa shape index (κ3) is 2.03. The van der Waals surface area contributed by atoms with E-state index in [0.29, 0.717) is 11.5 Å². The Kier molecular flexibility index (Phi) is 3.44. The van der Waals surface area contributed by atoms with Gasteiger partial charge in [-0.1, -0.05) is 13.8 Å². The molecule has 1 N–H and O–H groups in total. The first-order valence-corrected chi connectivity index (χ1v) is 5.08. The van der Waals surface area contributed by atoms with Gasteiger partial charge in [-0.05, 0) is 20.3 Å². The summed E-state index contributed by atoms with van der Waals surface area (Å²) >= 11 is 0. The van der Waals surface area contributed by atoms with Gasteiger partial charge in [0.05, 0.1) is 6.10 Å². The van der Waals surface area contributed by atoms with Crippen LogP contribution in [0.25, 0.3) is 0 Å². The van der Waals surface area contributed by atoms with Crippen LogP contribution in [0.15, 0.2) is 4.42 Å². The molecule has 0 saturated heterocycles. The summed E-state index contributed by atoms with van der Waals surface area (Å²) in [4.78, 5) is 0. The van der Waals surface area contributed by atoms with Crippen LogP contribution in [0.5, 0.6) is 11.5 Å². The summed E-state index contributed by atoms with van der Waals surface area (Å²) in [7, 11) is 0. The Bertz CT molecular complexity index is 302. The Balaban J connectivity index is 2.93. The fourth-order valence-electron chi connectivity index (χ4n) is 1.21. The van der Waals surface area contributed by atoms with E-state index in [1.165, 1.54) is 0 Å². The molecule has 0 fully saturated rings. The molecule has 0 aromatic carbocycles. The van der Waals surface area contributed by atoms with Crippen LogP contribution in [0.3, 0.4) is 0 Å². The Morgan fingerprint density at radius 3 is 2.57 bits per heavy atom. The van der Waals surface area contributed by atoms with Crippen molar-refractivity contribution in [3.05, 3.63) is 11.5 Å². The van der Waals surface area contributed by atoms with E-state index >= 15 is 0 Å². The maximum Gasteiger partial charge on any atom is 0.203 e. The first kappa shape index (κ1) is 11.0. The van der Waals surface area contributed by atoms with Gasteiger partial charge in [-0.2, -0.15) is 0 Å². The van der Waals surface area contributed by atoms with Crippen LogP contribution in [0.1, 0.15) is 38.7 Å². The fourth-order valence-corrected chi connectivity index (χ4v) is 1.21. The van der Waals surface area contributed by atoms with Crippen molar-refractivity contribution >= 4 is 0 Å². The van der Waals surface area contributed by atoms with Gasteiger partial charge < -0.3 is 14.3 Å². The number of hydrogen-bond acceptors (Lipinski definition) is 3. The third-order valence-electron chi connectivity index (χ3n) is 2.29. The van der Waals surface area contributed by atoms with Crippen molar-refractivity contribution < 1.29 is 14.3 Å². The Labute approximate surface area is 84.7 Å². The summed E-state index contributed by atoms with van der Waals surface area (Å²) < 4.78 is 11.0. The minimum absolute atomic E-state index is 0.100. The molecule has 1 aromatic rings. The summed E-state index contributed by atoms with van der Waals surface area (Å²) in [5.74, 6) is 1.90. The third-order valence-corrected chi connectivity index (χ3v) is 2.29. The minimum Gasteiger partial charge on any atom is -0.502 e. The number of hydrogen-bond donors (Lipinski definition) is 1. The van der Waals surface area contributed by atoms with Crippen LogP contribution in [0.4, 0.5) is 0 Å². The van der Waals surface area contributed by atoms with E-state index in [2.05, 4.69) is 0 Å². The molecular formula is C11H18O3. The highest BCUT2D eigenvalue weighted by molar-refractivity contribution is 5.44. The molecule has 14 heavy (non-hydrogen) atoms. The van der Waals surface area contributed by atoms with Gasteiger partial charge in [0.15, 0.2) is 5.75 Å². The van der Waals surface area contributed by atoms with Crippen molar-refractivity contribution in [1.82, 2.24) is 0 Å². The van der Waals surface area contributed by atoms with Crippen molar-refractivity contribution in [2.75, 3.05) is 0 Å². The second-order valence-corrected chi connectivity index (χ2v) is 3.45. The molecule has 0 aliphatic heterocycles. The van der Waals surface area contributed by atoms with E-state index in [1.54, 1.807) is 6.92 Å². The Hall–Kier alpha value is -1.12. The summed E-state index contributed by atoms with van der Waals surface area (Å²) in [6, 6.07) is 0. The summed E-state index contributed by atoms with van der Waals surface area (Å²) in [5.41, 5.74) is 0. The molecule has 0 aliphatic rings. The monoisotopic (exact) mass is 198 g/mol. The zero-order chi connectivity index (χ0) is 10.7. The van der Waals surface area contributed by atoms with Crippen LogP contribution in [-0.4, -0.2) is 11.2 Å². The molecule has 0 amide bonds. The minimum atomic E-state index is 0.100. The van der Waals surface area contributed by atoms with Gasteiger partial charge in [-0.25, -0.2) is 0 Å². The molecule has 1 aromatic heterocycles. The normalized spacial score (nSPS) is 12.9. The average Bonchev–Trinajstić information content (AvgIpc) is 2.45. The summed E-state index contributed by atoms with van der Waals surface area (Å²) in [5, 5.41) is 9.68. The van der Waals surface area contributed by atoms with Crippen molar-refractivity contribution in [3.63, 3.8) is 0 Å². The molecule has 0 radical (unpaired) electrons. The molecule has 0 bridgehead atoms. The maximum absolute atomic E-state index is 9.68.